The number of hydrogen-bond donors (Lipinski definition) is 1. The Morgan fingerprint density at radius 1 is 1.07 bits per heavy atom. The summed E-state index contributed by atoms with van der Waals surface area (Å²) in [6.07, 6.45) is 5.92. The summed E-state index contributed by atoms with van der Waals surface area (Å²) < 4.78 is 0. The van der Waals surface area contributed by atoms with E-state index in [9.17, 15) is 9.90 Å². The second-order valence-corrected chi connectivity index (χ2v) is 7.56. The van der Waals surface area contributed by atoms with E-state index < -0.39 is 6.09 Å². The quantitative estimate of drug-likeness (QED) is 0.578. The highest BCUT2D eigenvalue weighted by atomic mass is 16.4. The van der Waals surface area contributed by atoms with E-state index in [0.717, 1.165) is 24.0 Å². The molecule has 2 atom stereocenters. The largest absolute Gasteiger partial charge is 0.465 e. The van der Waals surface area contributed by atoms with Crippen LogP contribution in [0.4, 0.5) is 4.79 Å². The van der Waals surface area contributed by atoms with Crippen LogP contribution < -0.4 is 0 Å². The molecule has 3 rings (SSSR count). The minimum Gasteiger partial charge on any atom is -0.465 e. The standard InChI is InChI=1S/C24H31NO2/c1-3-5-6-11-18(4-2)20-13-9-10-15-22(20)23-21-14-8-7-12-19(21)16-17-25(23)24(26)27/h7-10,12-15,18,23H,3-6,11,16-17H2,1-2H3,(H,26,27)/t18?,23-/m0/s1. The van der Waals surface area contributed by atoms with Gasteiger partial charge in [0.15, 0.2) is 0 Å². The fourth-order valence-corrected chi connectivity index (χ4v) is 4.46. The molecule has 1 aliphatic rings. The second kappa shape index (κ2) is 9.07. The summed E-state index contributed by atoms with van der Waals surface area (Å²) >= 11 is 0. The van der Waals surface area contributed by atoms with Gasteiger partial charge in [0, 0.05) is 6.54 Å². The molecule has 27 heavy (non-hydrogen) atoms. The predicted molar refractivity (Wildman–Crippen MR) is 110 cm³/mol. The summed E-state index contributed by atoms with van der Waals surface area (Å²) in [5.41, 5.74) is 4.90. The lowest BCUT2D eigenvalue weighted by Crippen LogP contribution is -2.40. The third-order valence-electron chi connectivity index (χ3n) is 5.91. The smallest absolute Gasteiger partial charge is 0.408 e. The number of nitrogens with zero attached hydrogens (tertiary/aromatic N) is 1. The minimum absolute atomic E-state index is 0.205. The molecule has 0 spiro atoms. The minimum atomic E-state index is -0.830. The van der Waals surface area contributed by atoms with Crippen LogP contribution in [-0.4, -0.2) is 22.6 Å². The van der Waals surface area contributed by atoms with Gasteiger partial charge in [-0.3, -0.25) is 4.90 Å². The van der Waals surface area contributed by atoms with Crippen molar-refractivity contribution in [1.29, 1.82) is 0 Å². The van der Waals surface area contributed by atoms with Crippen LogP contribution in [0.1, 0.15) is 80.2 Å². The van der Waals surface area contributed by atoms with Crippen LogP contribution in [0.3, 0.4) is 0 Å². The van der Waals surface area contributed by atoms with Gasteiger partial charge in [-0.2, -0.15) is 0 Å². The van der Waals surface area contributed by atoms with Crippen molar-refractivity contribution in [3.63, 3.8) is 0 Å². The van der Waals surface area contributed by atoms with E-state index in [1.54, 1.807) is 4.90 Å². The number of carbonyl (C=O) groups is 1. The highest BCUT2D eigenvalue weighted by Crippen LogP contribution is 2.40. The van der Waals surface area contributed by atoms with E-state index in [1.807, 2.05) is 6.07 Å². The van der Waals surface area contributed by atoms with Gasteiger partial charge in [0.25, 0.3) is 0 Å². The first-order chi connectivity index (χ1) is 13.2. The number of benzene rings is 2. The maximum atomic E-state index is 12.0. The maximum absolute atomic E-state index is 12.0. The molecule has 3 heteroatoms. The lowest BCUT2D eigenvalue weighted by molar-refractivity contribution is 0.129. The summed E-state index contributed by atoms with van der Waals surface area (Å²) in [6, 6.07) is 16.6. The fraction of sp³-hybridized carbons (Fsp3) is 0.458. The van der Waals surface area contributed by atoms with Gasteiger partial charge >= 0.3 is 6.09 Å². The maximum Gasteiger partial charge on any atom is 0.408 e. The van der Waals surface area contributed by atoms with E-state index in [2.05, 4.69) is 56.3 Å². The Kier molecular flexibility index (Phi) is 6.54. The molecule has 3 nitrogen and oxygen atoms in total. The van der Waals surface area contributed by atoms with Gasteiger partial charge in [-0.15, -0.1) is 0 Å². The highest BCUT2D eigenvalue weighted by Gasteiger charge is 2.33. The van der Waals surface area contributed by atoms with Crippen LogP contribution in [0.2, 0.25) is 0 Å². The SMILES string of the molecule is CCCCCC(CC)c1ccccc1[C@@H]1c2ccccc2CCN1C(=O)O. The Balaban J connectivity index is 2.04. The summed E-state index contributed by atoms with van der Waals surface area (Å²) in [6.45, 7) is 5.04. The number of rotatable bonds is 7. The van der Waals surface area contributed by atoms with Crippen LogP contribution in [0.25, 0.3) is 0 Å². The Morgan fingerprint density at radius 2 is 1.78 bits per heavy atom. The molecular formula is C24H31NO2. The third-order valence-corrected chi connectivity index (χ3v) is 5.91. The Hall–Kier alpha value is -2.29. The Labute approximate surface area is 163 Å². The molecular weight excluding hydrogens is 334 g/mol. The molecule has 0 saturated carbocycles. The van der Waals surface area contributed by atoms with Crippen molar-refractivity contribution in [2.24, 2.45) is 0 Å². The normalized spacial score (nSPS) is 17.4. The molecule has 0 radical (unpaired) electrons. The highest BCUT2D eigenvalue weighted by molar-refractivity contribution is 5.68. The topological polar surface area (TPSA) is 40.5 Å². The van der Waals surface area contributed by atoms with Crippen molar-refractivity contribution in [2.75, 3.05) is 6.54 Å². The van der Waals surface area contributed by atoms with Gasteiger partial charge in [-0.05, 0) is 47.4 Å². The molecule has 1 unspecified atom stereocenters. The van der Waals surface area contributed by atoms with E-state index in [1.165, 1.54) is 36.8 Å². The van der Waals surface area contributed by atoms with Gasteiger partial charge in [0.1, 0.15) is 0 Å². The average molecular weight is 366 g/mol. The van der Waals surface area contributed by atoms with Gasteiger partial charge in [-0.1, -0.05) is 81.6 Å². The first-order valence-corrected chi connectivity index (χ1v) is 10.3. The summed E-state index contributed by atoms with van der Waals surface area (Å²) in [7, 11) is 0. The molecule has 0 aromatic heterocycles. The zero-order chi connectivity index (χ0) is 19.2. The zero-order valence-corrected chi connectivity index (χ0v) is 16.5. The van der Waals surface area contributed by atoms with Gasteiger partial charge < -0.3 is 5.11 Å². The van der Waals surface area contributed by atoms with Crippen LogP contribution in [0.5, 0.6) is 0 Å². The molecule has 1 N–H and O–H groups in total. The average Bonchev–Trinajstić information content (AvgIpc) is 2.70. The van der Waals surface area contributed by atoms with Crippen molar-refractivity contribution < 1.29 is 9.90 Å². The van der Waals surface area contributed by atoms with Crippen molar-refractivity contribution in [2.45, 2.75) is 64.3 Å². The molecule has 0 fully saturated rings. The Morgan fingerprint density at radius 3 is 2.48 bits per heavy atom. The number of amides is 1. The zero-order valence-electron chi connectivity index (χ0n) is 16.5. The lowest BCUT2D eigenvalue weighted by Gasteiger charge is -2.37. The molecule has 1 aliphatic heterocycles. The molecule has 1 heterocycles. The first-order valence-electron chi connectivity index (χ1n) is 10.3. The molecule has 1 amide bonds. The Bertz CT molecular complexity index is 770. The first kappa shape index (κ1) is 19.5. The monoisotopic (exact) mass is 365 g/mol. The summed E-state index contributed by atoms with van der Waals surface area (Å²) in [5.74, 6) is 0.484. The van der Waals surface area contributed by atoms with Crippen LogP contribution >= 0.6 is 0 Å². The number of unbranched alkanes of at least 4 members (excludes halogenated alkanes) is 2. The van der Waals surface area contributed by atoms with Crippen LogP contribution in [0, 0.1) is 0 Å². The van der Waals surface area contributed by atoms with Crippen LogP contribution in [0.15, 0.2) is 48.5 Å². The van der Waals surface area contributed by atoms with Crippen molar-refractivity contribution in [3.8, 4) is 0 Å². The lowest BCUT2D eigenvalue weighted by atomic mass is 9.81. The van der Waals surface area contributed by atoms with E-state index in [4.69, 9.17) is 0 Å². The summed E-state index contributed by atoms with van der Waals surface area (Å²) in [4.78, 5) is 13.7. The van der Waals surface area contributed by atoms with Crippen molar-refractivity contribution in [3.05, 3.63) is 70.8 Å². The molecule has 0 bridgehead atoms. The second-order valence-electron chi connectivity index (χ2n) is 7.56. The van der Waals surface area contributed by atoms with E-state index in [-0.39, 0.29) is 6.04 Å². The van der Waals surface area contributed by atoms with Crippen molar-refractivity contribution >= 4 is 6.09 Å². The number of hydrogen-bond acceptors (Lipinski definition) is 1. The predicted octanol–water partition coefficient (Wildman–Crippen LogP) is 6.39. The molecule has 0 saturated heterocycles. The third kappa shape index (κ3) is 4.18. The van der Waals surface area contributed by atoms with Gasteiger partial charge in [0.05, 0.1) is 6.04 Å². The number of carboxylic acid groups (broad SMARTS) is 1. The number of fused-ring (bicyclic) bond motifs is 1. The molecule has 2 aromatic carbocycles. The molecule has 2 aromatic rings. The van der Waals surface area contributed by atoms with Crippen LogP contribution in [-0.2, 0) is 6.42 Å². The van der Waals surface area contributed by atoms with E-state index in [0.29, 0.717) is 12.5 Å². The van der Waals surface area contributed by atoms with E-state index >= 15 is 0 Å². The van der Waals surface area contributed by atoms with Gasteiger partial charge in [-0.25, -0.2) is 4.79 Å². The van der Waals surface area contributed by atoms with Gasteiger partial charge in [0.2, 0.25) is 0 Å². The summed E-state index contributed by atoms with van der Waals surface area (Å²) in [5, 5.41) is 9.88. The van der Waals surface area contributed by atoms with Crippen molar-refractivity contribution in [1.82, 2.24) is 4.90 Å². The molecule has 144 valence electrons. The molecule has 0 aliphatic carbocycles. The fourth-order valence-electron chi connectivity index (χ4n) is 4.46.